The van der Waals surface area contributed by atoms with Gasteiger partial charge in [-0.15, -0.1) is 0 Å². The van der Waals surface area contributed by atoms with Crippen LogP contribution < -0.4 is 10.0 Å². The standard InChI is InChI=1S/C15H18N4O3S2/c1-15(2)13(20)19(12-6-4-11(10-16)5-7-12)14(23)18(15)8-3-9-24(17,21)22/h4-7H,3,8-9H2,1-2H3,(H2,17,21,22). The molecule has 9 heteroatoms. The highest BCUT2D eigenvalue weighted by atomic mass is 32.2. The Hall–Kier alpha value is -2.02. The summed E-state index contributed by atoms with van der Waals surface area (Å²) in [5.74, 6) is -0.374. The zero-order valence-electron chi connectivity index (χ0n) is 13.4. The molecule has 1 aliphatic heterocycles. The monoisotopic (exact) mass is 366 g/mol. The van der Waals surface area contributed by atoms with Crippen LogP contribution in [0.5, 0.6) is 0 Å². The van der Waals surface area contributed by atoms with Crippen molar-refractivity contribution in [2.24, 2.45) is 5.14 Å². The normalized spacial score (nSPS) is 17.2. The summed E-state index contributed by atoms with van der Waals surface area (Å²) in [5, 5.41) is 14.2. The first-order valence-electron chi connectivity index (χ1n) is 7.25. The van der Waals surface area contributed by atoms with Gasteiger partial charge in [0.15, 0.2) is 5.11 Å². The van der Waals surface area contributed by atoms with Crippen LogP contribution in [0.3, 0.4) is 0 Å². The van der Waals surface area contributed by atoms with E-state index in [2.05, 4.69) is 0 Å². The molecule has 1 aliphatic rings. The second-order valence-electron chi connectivity index (χ2n) is 6.01. The molecule has 0 saturated carbocycles. The predicted octanol–water partition coefficient (Wildman–Crippen LogP) is 0.949. The molecule has 0 atom stereocenters. The van der Waals surface area contributed by atoms with Gasteiger partial charge < -0.3 is 4.90 Å². The minimum Gasteiger partial charge on any atom is -0.334 e. The van der Waals surface area contributed by atoms with E-state index in [1.807, 2.05) is 6.07 Å². The fourth-order valence-corrected chi connectivity index (χ4v) is 3.59. The van der Waals surface area contributed by atoms with E-state index in [1.165, 1.54) is 4.90 Å². The lowest BCUT2D eigenvalue weighted by atomic mass is 10.0. The van der Waals surface area contributed by atoms with Crippen LogP contribution in [-0.4, -0.2) is 42.2 Å². The highest BCUT2D eigenvalue weighted by Crippen LogP contribution is 2.32. The van der Waals surface area contributed by atoms with E-state index in [0.717, 1.165) is 0 Å². The molecule has 1 saturated heterocycles. The number of rotatable bonds is 5. The molecule has 0 aromatic heterocycles. The SMILES string of the molecule is CC1(C)C(=O)N(c2ccc(C#N)cc2)C(=S)N1CCCS(N)(=O)=O. The van der Waals surface area contributed by atoms with Crippen molar-refractivity contribution in [1.82, 2.24) is 4.90 Å². The maximum Gasteiger partial charge on any atom is 0.258 e. The topological polar surface area (TPSA) is 108 Å². The van der Waals surface area contributed by atoms with Gasteiger partial charge in [0.1, 0.15) is 5.54 Å². The van der Waals surface area contributed by atoms with E-state index in [4.69, 9.17) is 22.6 Å². The number of primary sulfonamides is 1. The molecule has 0 bridgehead atoms. The smallest absolute Gasteiger partial charge is 0.258 e. The number of amides is 1. The Balaban J connectivity index is 2.24. The van der Waals surface area contributed by atoms with Crippen molar-refractivity contribution >= 4 is 38.9 Å². The molecule has 0 aliphatic carbocycles. The van der Waals surface area contributed by atoms with Crippen molar-refractivity contribution in [2.75, 3.05) is 17.2 Å². The van der Waals surface area contributed by atoms with Crippen molar-refractivity contribution in [1.29, 1.82) is 5.26 Å². The molecule has 0 spiro atoms. The quantitative estimate of drug-likeness (QED) is 0.778. The molecule has 1 amide bonds. The maximum atomic E-state index is 12.8. The van der Waals surface area contributed by atoms with E-state index in [1.54, 1.807) is 43.0 Å². The Kier molecular flexibility index (Phi) is 4.94. The third kappa shape index (κ3) is 3.56. The minimum absolute atomic E-state index is 0.173. The molecule has 2 rings (SSSR count). The summed E-state index contributed by atoms with van der Waals surface area (Å²) in [7, 11) is -3.56. The van der Waals surface area contributed by atoms with Gasteiger partial charge in [0.25, 0.3) is 5.91 Å². The summed E-state index contributed by atoms with van der Waals surface area (Å²) in [5.41, 5.74) is 0.176. The number of sulfonamides is 1. The van der Waals surface area contributed by atoms with Crippen molar-refractivity contribution in [3.63, 3.8) is 0 Å². The Morgan fingerprint density at radius 3 is 2.38 bits per heavy atom. The third-order valence-electron chi connectivity index (χ3n) is 3.89. The molecular formula is C15H18N4O3S2. The molecule has 2 N–H and O–H groups in total. The molecule has 24 heavy (non-hydrogen) atoms. The van der Waals surface area contributed by atoms with E-state index in [9.17, 15) is 13.2 Å². The first kappa shape index (κ1) is 18.3. The van der Waals surface area contributed by atoms with Gasteiger partial charge in [-0.3, -0.25) is 9.69 Å². The molecular weight excluding hydrogens is 348 g/mol. The Morgan fingerprint density at radius 1 is 1.29 bits per heavy atom. The molecule has 0 radical (unpaired) electrons. The number of thiocarbonyl (C=S) groups is 1. The predicted molar refractivity (Wildman–Crippen MR) is 94.6 cm³/mol. The summed E-state index contributed by atoms with van der Waals surface area (Å²) in [6.45, 7) is 3.78. The highest BCUT2D eigenvalue weighted by molar-refractivity contribution is 7.89. The molecule has 1 aromatic carbocycles. The molecule has 128 valence electrons. The van der Waals surface area contributed by atoms with Crippen LogP contribution in [0.4, 0.5) is 5.69 Å². The number of nitrogens with zero attached hydrogens (tertiary/aromatic N) is 3. The highest BCUT2D eigenvalue weighted by Gasteiger charge is 2.49. The number of hydrogen-bond acceptors (Lipinski definition) is 5. The number of hydrogen-bond donors (Lipinski definition) is 1. The van der Waals surface area contributed by atoms with E-state index in [0.29, 0.717) is 22.9 Å². The van der Waals surface area contributed by atoms with Gasteiger partial charge in [-0.05, 0) is 56.8 Å². The lowest BCUT2D eigenvalue weighted by Gasteiger charge is -2.29. The zero-order valence-corrected chi connectivity index (χ0v) is 15.0. The average molecular weight is 366 g/mol. The summed E-state index contributed by atoms with van der Waals surface area (Å²) in [6, 6.07) is 8.56. The fraction of sp³-hybridized carbons (Fsp3) is 0.400. The number of carbonyl (C=O) groups is 1. The van der Waals surface area contributed by atoms with E-state index < -0.39 is 15.6 Å². The van der Waals surface area contributed by atoms with Crippen LogP contribution in [0.1, 0.15) is 25.8 Å². The Morgan fingerprint density at radius 2 is 1.88 bits per heavy atom. The third-order valence-corrected chi connectivity index (χ3v) is 5.15. The Bertz CT molecular complexity index is 810. The van der Waals surface area contributed by atoms with Crippen LogP contribution in [0.15, 0.2) is 24.3 Å². The molecule has 1 fully saturated rings. The summed E-state index contributed by atoms with van der Waals surface area (Å²) in [6.07, 6.45) is 0.275. The Labute approximate surface area is 146 Å². The lowest BCUT2D eigenvalue weighted by Crippen LogP contribution is -2.45. The van der Waals surface area contributed by atoms with Crippen LogP contribution >= 0.6 is 12.2 Å². The van der Waals surface area contributed by atoms with Crippen LogP contribution in [0, 0.1) is 11.3 Å². The van der Waals surface area contributed by atoms with E-state index in [-0.39, 0.29) is 18.1 Å². The van der Waals surface area contributed by atoms with Gasteiger partial charge in [-0.1, -0.05) is 0 Å². The van der Waals surface area contributed by atoms with Crippen LogP contribution in [-0.2, 0) is 14.8 Å². The second-order valence-corrected chi connectivity index (χ2v) is 8.11. The van der Waals surface area contributed by atoms with Crippen molar-refractivity contribution in [3.05, 3.63) is 29.8 Å². The average Bonchev–Trinajstić information content (AvgIpc) is 2.66. The summed E-state index contributed by atoms with van der Waals surface area (Å²) >= 11 is 5.42. The van der Waals surface area contributed by atoms with Crippen molar-refractivity contribution < 1.29 is 13.2 Å². The largest absolute Gasteiger partial charge is 0.334 e. The molecule has 1 heterocycles. The fourth-order valence-electron chi connectivity index (χ4n) is 2.55. The molecule has 1 aromatic rings. The lowest BCUT2D eigenvalue weighted by molar-refractivity contribution is -0.123. The van der Waals surface area contributed by atoms with Gasteiger partial charge >= 0.3 is 0 Å². The van der Waals surface area contributed by atoms with Crippen molar-refractivity contribution in [2.45, 2.75) is 25.8 Å². The number of benzene rings is 1. The van der Waals surface area contributed by atoms with Gasteiger partial charge in [-0.25, -0.2) is 13.6 Å². The van der Waals surface area contributed by atoms with Gasteiger partial charge in [-0.2, -0.15) is 5.26 Å². The van der Waals surface area contributed by atoms with Gasteiger partial charge in [0.2, 0.25) is 10.0 Å². The summed E-state index contributed by atoms with van der Waals surface area (Å²) in [4.78, 5) is 15.9. The van der Waals surface area contributed by atoms with Gasteiger partial charge in [0, 0.05) is 6.54 Å². The summed E-state index contributed by atoms with van der Waals surface area (Å²) < 4.78 is 22.2. The molecule has 0 unspecified atom stereocenters. The maximum absolute atomic E-state index is 12.8. The van der Waals surface area contributed by atoms with Crippen LogP contribution in [0.2, 0.25) is 0 Å². The first-order valence-corrected chi connectivity index (χ1v) is 9.37. The van der Waals surface area contributed by atoms with Gasteiger partial charge in [0.05, 0.1) is 23.1 Å². The number of carbonyl (C=O) groups excluding carboxylic acids is 1. The van der Waals surface area contributed by atoms with Crippen LogP contribution in [0.25, 0.3) is 0 Å². The minimum atomic E-state index is -3.56. The number of anilines is 1. The molecule has 7 nitrogen and oxygen atoms in total. The first-order chi connectivity index (χ1) is 11.1. The number of nitriles is 1. The second kappa shape index (κ2) is 6.47. The zero-order chi connectivity index (χ0) is 18.1. The van der Waals surface area contributed by atoms with E-state index >= 15 is 0 Å². The van der Waals surface area contributed by atoms with Crippen molar-refractivity contribution in [3.8, 4) is 6.07 Å². The number of nitrogens with two attached hydrogens (primary N) is 1.